The molecule has 0 bridgehead atoms. The molecule has 2 unspecified atom stereocenters. The van der Waals surface area contributed by atoms with Crippen LogP contribution in [-0.2, 0) is 0 Å². The van der Waals surface area contributed by atoms with Crippen molar-refractivity contribution in [2.75, 3.05) is 60.0 Å². The number of ether oxygens (including phenoxy) is 1. The number of guanidine groups is 1. The van der Waals surface area contributed by atoms with Crippen LogP contribution in [0.2, 0.25) is 0 Å². The Hall–Kier alpha value is -1.79. The Morgan fingerprint density at radius 1 is 1.14 bits per heavy atom. The molecule has 0 radical (unpaired) electrons. The molecule has 6 heteroatoms. The fraction of sp³-hybridized carbons (Fsp3) is 0.696. The average Bonchev–Trinajstić information content (AvgIpc) is 3.25. The van der Waals surface area contributed by atoms with E-state index in [0.29, 0.717) is 12.0 Å². The minimum atomic E-state index is 0.349. The van der Waals surface area contributed by atoms with Crippen molar-refractivity contribution >= 4 is 5.96 Å². The van der Waals surface area contributed by atoms with Crippen LogP contribution >= 0.6 is 0 Å². The van der Waals surface area contributed by atoms with E-state index in [9.17, 15) is 0 Å². The molecular formula is C23H39N5O. The highest BCUT2D eigenvalue weighted by Crippen LogP contribution is 2.26. The molecule has 0 aromatic heterocycles. The zero-order valence-corrected chi connectivity index (χ0v) is 18.5. The van der Waals surface area contributed by atoms with Gasteiger partial charge in [-0.1, -0.05) is 25.5 Å². The van der Waals surface area contributed by atoms with Gasteiger partial charge in [-0.2, -0.15) is 0 Å². The van der Waals surface area contributed by atoms with Crippen LogP contribution in [0.5, 0.6) is 5.75 Å². The Kier molecular flexibility index (Phi) is 8.62. The van der Waals surface area contributed by atoms with Crippen LogP contribution in [0.15, 0.2) is 29.3 Å². The summed E-state index contributed by atoms with van der Waals surface area (Å²) in [4.78, 5) is 9.61. The predicted octanol–water partition coefficient (Wildman–Crippen LogP) is 2.73. The summed E-state index contributed by atoms with van der Waals surface area (Å²) >= 11 is 0. The largest absolute Gasteiger partial charge is 0.497 e. The molecule has 3 rings (SSSR count). The topological polar surface area (TPSA) is 52.1 Å². The fourth-order valence-corrected chi connectivity index (χ4v) is 4.54. The molecular weight excluding hydrogens is 362 g/mol. The van der Waals surface area contributed by atoms with Gasteiger partial charge in [0.15, 0.2) is 5.96 Å². The minimum absolute atomic E-state index is 0.349. The molecule has 162 valence electrons. The van der Waals surface area contributed by atoms with Crippen molar-refractivity contribution in [3.05, 3.63) is 29.8 Å². The molecule has 6 nitrogen and oxygen atoms in total. The lowest BCUT2D eigenvalue weighted by Gasteiger charge is -2.35. The van der Waals surface area contributed by atoms with E-state index >= 15 is 0 Å². The summed E-state index contributed by atoms with van der Waals surface area (Å²) in [6, 6.07) is 8.89. The van der Waals surface area contributed by atoms with E-state index in [4.69, 9.17) is 4.74 Å². The molecule has 2 N–H and O–H groups in total. The summed E-state index contributed by atoms with van der Waals surface area (Å²) in [5.74, 6) is 2.54. The first-order valence-electron chi connectivity index (χ1n) is 11.3. The molecule has 1 aromatic carbocycles. The number of hydrogen-bond acceptors (Lipinski definition) is 4. The first-order valence-corrected chi connectivity index (χ1v) is 11.3. The summed E-state index contributed by atoms with van der Waals surface area (Å²) in [6.07, 6.45) is 5.20. The van der Waals surface area contributed by atoms with E-state index in [1.54, 1.807) is 7.11 Å². The van der Waals surface area contributed by atoms with Crippen molar-refractivity contribution in [1.82, 2.24) is 20.4 Å². The van der Waals surface area contributed by atoms with Gasteiger partial charge in [-0.05, 0) is 69.1 Å². The van der Waals surface area contributed by atoms with Crippen LogP contribution < -0.4 is 15.4 Å². The Balaban J connectivity index is 1.57. The maximum Gasteiger partial charge on any atom is 0.191 e. The third-order valence-electron chi connectivity index (χ3n) is 6.39. The number of hydrogen-bond donors (Lipinski definition) is 2. The highest BCUT2D eigenvalue weighted by atomic mass is 16.5. The molecule has 0 amide bonds. The lowest BCUT2D eigenvalue weighted by Crippen LogP contribution is -2.45. The lowest BCUT2D eigenvalue weighted by atomic mass is 10.0. The molecule has 2 saturated heterocycles. The van der Waals surface area contributed by atoms with Crippen LogP contribution in [0.25, 0.3) is 0 Å². The van der Waals surface area contributed by atoms with Crippen LogP contribution in [0, 0.1) is 5.92 Å². The van der Waals surface area contributed by atoms with Crippen molar-refractivity contribution in [3.8, 4) is 5.75 Å². The van der Waals surface area contributed by atoms with E-state index in [2.05, 4.69) is 56.6 Å². The third-order valence-corrected chi connectivity index (χ3v) is 6.39. The van der Waals surface area contributed by atoms with Gasteiger partial charge in [0.1, 0.15) is 5.75 Å². The molecule has 0 aliphatic carbocycles. The van der Waals surface area contributed by atoms with Gasteiger partial charge < -0.3 is 20.3 Å². The van der Waals surface area contributed by atoms with Crippen molar-refractivity contribution in [1.29, 1.82) is 0 Å². The Morgan fingerprint density at radius 2 is 1.90 bits per heavy atom. The summed E-state index contributed by atoms with van der Waals surface area (Å²) < 4.78 is 5.34. The fourth-order valence-electron chi connectivity index (χ4n) is 4.54. The van der Waals surface area contributed by atoms with Gasteiger partial charge in [0.25, 0.3) is 0 Å². The second kappa shape index (κ2) is 11.4. The minimum Gasteiger partial charge on any atom is -0.497 e. The first-order chi connectivity index (χ1) is 14.2. The third kappa shape index (κ3) is 6.34. The number of piperidine rings is 1. The Labute approximate surface area is 176 Å². The van der Waals surface area contributed by atoms with Crippen molar-refractivity contribution in [2.24, 2.45) is 10.9 Å². The number of nitrogens with one attached hydrogen (secondary N) is 2. The predicted molar refractivity (Wildman–Crippen MR) is 121 cm³/mol. The number of aliphatic imine (C=N–C) groups is 1. The average molecular weight is 402 g/mol. The molecule has 0 spiro atoms. The molecule has 2 aliphatic heterocycles. The van der Waals surface area contributed by atoms with Crippen LogP contribution in [-0.4, -0.2) is 75.7 Å². The molecule has 2 atom stereocenters. The number of likely N-dealkylation sites (tertiary alicyclic amines) is 2. The number of benzene rings is 1. The molecule has 2 fully saturated rings. The van der Waals surface area contributed by atoms with E-state index in [1.165, 1.54) is 57.4 Å². The normalized spacial score (nSPS) is 22.4. The monoisotopic (exact) mass is 401 g/mol. The van der Waals surface area contributed by atoms with Gasteiger partial charge in [-0.25, -0.2) is 0 Å². The summed E-state index contributed by atoms with van der Waals surface area (Å²) in [5.41, 5.74) is 1.34. The highest BCUT2D eigenvalue weighted by Gasteiger charge is 2.24. The number of rotatable bonds is 8. The van der Waals surface area contributed by atoms with E-state index in [-0.39, 0.29) is 0 Å². The first kappa shape index (κ1) is 21.9. The quantitative estimate of drug-likeness (QED) is 0.518. The molecule has 2 aliphatic rings. The zero-order valence-electron chi connectivity index (χ0n) is 18.5. The molecule has 1 aromatic rings. The Morgan fingerprint density at radius 3 is 2.52 bits per heavy atom. The van der Waals surface area contributed by atoms with Gasteiger partial charge in [0.2, 0.25) is 0 Å². The van der Waals surface area contributed by atoms with Gasteiger partial charge in [-0.15, -0.1) is 0 Å². The number of methoxy groups -OCH3 is 1. The van der Waals surface area contributed by atoms with E-state index < -0.39 is 0 Å². The van der Waals surface area contributed by atoms with Crippen LogP contribution in [0.4, 0.5) is 0 Å². The van der Waals surface area contributed by atoms with Gasteiger partial charge in [0.05, 0.1) is 13.2 Å². The summed E-state index contributed by atoms with van der Waals surface area (Å²) in [5, 5.41) is 7.15. The molecule has 2 heterocycles. The maximum atomic E-state index is 5.34. The molecule has 0 saturated carbocycles. The Bertz CT molecular complexity index is 627. The smallest absolute Gasteiger partial charge is 0.191 e. The van der Waals surface area contributed by atoms with Crippen molar-refractivity contribution in [2.45, 2.75) is 38.6 Å². The van der Waals surface area contributed by atoms with Crippen LogP contribution in [0.1, 0.15) is 44.2 Å². The van der Waals surface area contributed by atoms with Crippen molar-refractivity contribution in [3.63, 3.8) is 0 Å². The SMILES string of the molecule is CCN1CCC(CNC(=NC)NCC(c2ccc(OC)cc2)N2CCCCC2)C1. The van der Waals surface area contributed by atoms with Gasteiger partial charge in [0, 0.05) is 26.7 Å². The summed E-state index contributed by atoms with van der Waals surface area (Å²) in [6.45, 7) is 10.0. The molecule has 29 heavy (non-hydrogen) atoms. The second-order valence-corrected chi connectivity index (χ2v) is 8.27. The second-order valence-electron chi connectivity index (χ2n) is 8.27. The highest BCUT2D eigenvalue weighted by molar-refractivity contribution is 5.79. The van der Waals surface area contributed by atoms with E-state index in [0.717, 1.165) is 31.3 Å². The zero-order chi connectivity index (χ0) is 20.5. The number of nitrogens with zero attached hydrogens (tertiary/aromatic N) is 3. The summed E-state index contributed by atoms with van der Waals surface area (Å²) in [7, 11) is 3.59. The van der Waals surface area contributed by atoms with Gasteiger partial charge >= 0.3 is 0 Å². The van der Waals surface area contributed by atoms with Gasteiger partial charge in [-0.3, -0.25) is 9.89 Å². The van der Waals surface area contributed by atoms with Crippen LogP contribution in [0.3, 0.4) is 0 Å². The van der Waals surface area contributed by atoms with Crippen molar-refractivity contribution < 1.29 is 4.74 Å². The lowest BCUT2D eigenvalue weighted by molar-refractivity contribution is 0.164. The standard InChI is InChI=1S/C23H39N5O/c1-4-27-15-12-19(18-27)16-25-23(24-2)26-17-22(28-13-6-5-7-14-28)20-8-10-21(29-3)11-9-20/h8-11,19,22H,4-7,12-18H2,1-3H3,(H2,24,25,26). The van der Waals surface area contributed by atoms with E-state index in [1.807, 2.05) is 7.05 Å². The maximum absolute atomic E-state index is 5.34.